The second-order valence-corrected chi connectivity index (χ2v) is 7.58. The van der Waals surface area contributed by atoms with E-state index in [-0.39, 0.29) is 16.8 Å². The van der Waals surface area contributed by atoms with Crippen molar-refractivity contribution in [2.75, 3.05) is 10.0 Å². The Balaban J connectivity index is 1.69. The Bertz CT molecular complexity index is 1080. The standard InChI is InChI=1S/C20H18N4O3S/c1-15(14-16-6-3-2-4-7-16)19(25)23-17-8-10-18(11-9-17)28(26,27)24-20-21-12-5-13-22-20/h2-14H,1H3,(H,23,25)(H,21,22,24). The van der Waals surface area contributed by atoms with Crippen LogP contribution in [0, 0.1) is 0 Å². The summed E-state index contributed by atoms with van der Waals surface area (Å²) in [6, 6.07) is 16.9. The average molecular weight is 394 g/mol. The van der Waals surface area contributed by atoms with Gasteiger partial charge in [-0.25, -0.2) is 23.1 Å². The van der Waals surface area contributed by atoms with Gasteiger partial charge in [0.05, 0.1) is 4.90 Å². The number of aromatic nitrogens is 2. The first-order valence-electron chi connectivity index (χ1n) is 8.39. The van der Waals surface area contributed by atoms with Crippen molar-refractivity contribution in [1.82, 2.24) is 9.97 Å². The summed E-state index contributed by atoms with van der Waals surface area (Å²) in [4.78, 5) is 20.0. The molecule has 1 aromatic heterocycles. The van der Waals surface area contributed by atoms with Crippen LogP contribution in [0.5, 0.6) is 0 Å². The number of sulfonamides is 1. The van der Waals surface area contributed by atoms with Gasteiger partial charge in [-0.15, -0.1) is 0 Å². The number of rotatable bonds is 6. The number of anilines is 2. The van der Waals surface area contributed by atoms with Gasteiger partial charge in [0.15, 0.2) is 0 Å². The monoisotopic (exact) mass is 394 g/mol. The van der Waals surface area contributed by atoms with Crippen molar-refractivity contribution in [3.63, 3.8) is 0 Å². The zero-order valence-corrected chi connectivity index (χ0v) is 15.8. The van der Waals surface area contributed by atoms with Crippen LogP contribution < -0.4 is 10.0 Å². The number of hydrogen-bond acceptors (Lipinski definition) is 5. The van der Waals surface area contributed by atoms with E-state index < -0.39 is 10.0 Å². The Labute approximate surface area is 163 Å². The zero-order chi connectivity index (χ0) is 20.0. The maximum Gasteiger partial charge on any atom is 0.264 e. The molecular weight excluding hydrogens is 376 g/mol. The number of carbonyl (C=O) groups excluding carboxylic acids is 1. The predicted octanol–water partition coefficient (Wildman–Crippen LogP) is 3.32. The molecule has 0 atom stereocenters. The average Bonchev–Trinajstić information content (AvgIpc) is 2.69. The van der Waals surface area contributed by atoms with Gasteiger partial charge in [-0.2, -0.15) is 0 Å². The largest absolute Gasteiger partial charge is 0.322 e. The van der Waals surface area contributed by atoms with Crippen LogP contribution in [-0.2, 0) is 14.8 Å². The summed E-state index contributed by atoms with van der Waals surface area (Å²) in [5.74, 6) is -0.281. The van der Waals surface area contributed by atoms with Crippen molar-refractivity contribution in [3.8, 4) is 0 Å². The van der Waals surface area contributed by atoms with Crippen LogP contribution in [0.1, 0.15) is 12.5 Å². The van der Waals surface area contributed by atoms with Gasteiger partial charge >= 0.3 is 0 Å². The molecule has 7 nitrogen and oxygen atoms in total. The molecule has 1 heterocycles. The molecule has 0 aliphatic rings. The fourth-order valence-electron chi connectivity index (χ4n) is 2.34. The highest BCUT2D eigenvalue weighted by atomic mass is 32.2. The summed E-state index contributed by atoms with van der Waals surface area (Å²) >= 11 is 0. The van der Waals surface area contributed by atoms with Crippen molar-refractivity contribution < 1.29 is 13.2 Å². The van der Waals surface area contributed by atoms with Crippen LogP contribution in [0.15, 0.2) is 83.5 Å². The maximum atomic E-state index is 12.4. The normalized spacial score (nSPS) is 11.7. The molecule has 142 valence electrons. The minimum absolute atomic E-state index is 0.0125. The van der Waals surface area contributed by atoms with Gasteiger partial charge in [-0.05, 0) is 48.9 Å². The number of benzene rings is 2. The summed E-state index contributed by atoms with van der Waals surface area (Å²) in [5.41, 5.74) is 1.94. The van der Waals surface area contributed by atoms with Crippen molar-refractivity contribution in [2.24, 2.45) is 0 Å². The molecule has 2 N–H and O–H groups in total. The lowest BCUT2D eigenvalue weighted by molar-refractivity contribution is -0.112. The van der Waals surface area contributed by atoms with Crippen LogP contribution in [0.2, 0.25) is 0 Å². The Morgan fingerprint density at radius 3 is 2.21 bits per heavy atom. The predicted molar refractivity (Wildman–Crippen MR) is 108 cm³/mol. The van der Waals surface area contributed by atoms with Gasteiger partial charge in [-0.3, -0.25) is 4.79 Å². The number of hydrogen-bond donors (Lipinski definition) is 2. The lowest BCUT2D eigenvalue weighted by Gasteiger charge is -2.09. The number of nitrogens with zero attached hydrogens (tertiary/aromatic N) is 2. The summed E-state index contributed by atoms with van der Waals surface area (Å²) in [7, 11) is -3.81. The molecule has 0 spiro atoms. The first-order valence-corrected chi connectivity index (χ1v) is 9.87. The van der Waals surface area contributed by atoms with Gasteiger partial charge in [-0.1, -0.05) is 30.3 Å². The fraction of sp³-hybridized carbons (Fsp3) is 0.0500. The zero-order valence-electron chi connectivity index (χ0n) is 15.0. The van der Waals surface area contributed by atoms with E-state index >= 15 is 0 Å². The minimum atomic E-state index is -3.81. The van der Waals surface area contributed by atoms with Crippen molar-refractivity contribution >= 4 is 33.6 Å². The molecule has 0 aliphatic heterocycles. The van der Waals surface area contributed by atoms with E-state index in [1.165, 1.54) is 36.7 Å². The van der Waals surface area contributed by atoms with Crippen molar-refractivity contribution in [1.29, 1.82) is 0 Å². The van der Waals surface area contributed by atoms with Crippen molar-refractivity contribution in [3.05, 3.63) is 84.2 Å². The van der Waals surface area contributed by atoms with Gasteiger partial charge < -0.3 is 5.32 Å². The molecule has 28 heavy (non-hydrogen) atoms. The van der Waals surface area contributed by atoms with Crippen LogP contribution in [-0.4, -0.2) is 24.3 Å². The highest BCUT2D eigenvalue weighted by Gasteiger charge is 2.15. The lowest BCUT2D eigenvalue weighted by atomic mass is 10.1. The van der Waals surface area contributed by atoms with E-state index in [9.17, 15) is 13.2 Å². The molecule has 0 fully saturated rings. The molecule has 3 aromatic rings. The SMILES string of the molecule is CC(=Cc1ccccc1)C(=O)Nc1ccc(S(=O)(=O)Nc2ncccn2)cc1. The van der Waals surface area contributed by atoms with E-state index in [0.29, 0.717) is 11.3 Å². The van der Waals surface area contributed by atoms with Gasteiger partial charge in [0, 0.05) is 23.7 Å². The van der Waals surface area contributed by atoms with Crippen LogP contribution >= 0.6 is 0 Å². The van der Waals surface area contributed by atoms with Gasteiger partial charge in [0.2, 0.25) is 5.95 Å². The number of carbonyl (C=O) groups is 1. The third-order valence-corrected chi connectivity index (χ3v) is 5.10. The minimum Gasteiger partial charge on any atom is -0.322 e. The highest BCUT2D eigenvalue weighted by molar-refractivity contribution is 7.92. The molecule has 3 rings (SSSR count). The van der Waals surface area contributed by atoms with Crippen LogP contribution in [0.25, 0.3) is 6.08 Å². The fourth-order valence-corrected chi connectivity index (χ4v) is 3.30. The molecule has 2 aromatic carbocycles. The smallest absolute Gasteiger partial charge is 0.264 e. The quantitative estimate of drug-likeness (QED) is 0.625. The molecule has 0 saturated heterocycles. The summed E-state index contributed by atoms with van der Waals surface area (Å²) < 4.78 is 27.0. The van der Waals surface area contributed by atoms with Crippen molar-refractivity contribution in [2.45, 2.75) is 11.8 Å². The molecular formula is C20H18N4O3S. The summed E-state index contributed by atoms with van der Waals surface area (Å²) in [6.07, 6.45) is 4.65. The number of amides is 1. The number of nitrogens with one attached hydrogen (secondary N) is 2. The molecule has 1 amide bonds. The molecule has 0 unspecified atom stereocenters. The molecule has 0 radical (unpaired) electrons. The first-order chi connectivity index (χ1) is 13.4. The third-order valence-electron chi connectivity index (χ3n) is 3.75. The summed E-state index contributed by atoms with van der Waals surface area (Å²) in [6.45, 7) is 1.71. The first kappa shape index (κ1) is 19.2. The maximum absolute atomic E-state index is 12.4. The van der Waals surface area contributed by atoms with E-state index in [0.717, 1.165) is 5.56 Å². The summed E-state index contributed by atoms with van der Waals surface area (Å²) in [5, 5.41) is 2.74. The van der Waals surface area contributed by atoms with E-state index in [1.54, 1.807) is 19.1 Å². The Kier molecular flexibility index (Phi) is 5.81. The second-order valence-electron chi connectivity index (χ2n) is 5.89. The van der Waals surface area contributed by atoms with Crippen LogP contribution in [0.3, 0.4) is 0 Å². The lowest BCUT2D eigenvalue weighted by Crippen LogP contribution is -2.15. The molecule has 0 bridgehead atoms. The van der Waals surface area contributed by atoms with Gasteiger partial charge in [0.1, 0.15) is 0 Å². The van der Waals surface area contributed by atoms with Crippen LogP contribution in [0.4, 0.5) is 11.6 Å². The third kappa shape index (κ3) is 5.01. The van der Waals surface area contributed by atoms with E-state index in [1.807, 2.05) is 30.3 Å². The van der Waals surface area contributed by atoms with E-state index in [4.69, 9.17) is 0 Å². The molecule has 8 heteroatoms. The topological polar surface area (TPSA) is 101 Å². The molecule has 0 aliphatic carbocycles. The Morgan fingerprint density at radius 1 is 0.929 bits per heavy atom. The van der Waals surface area contributed by atoms with E-state index in [2.05, 4.69) is 20.0 Å². The highest BCUT2D eigenvalue weighted by Crippen LogP contribution is 2.17. The van der Waals surface area contributed by atoms with Gasteiger partial charge in [0.25, 0.3) is 15.9 Å². The second kappa shape index (κ2) is 8.45. The Morgan fingerprint density at radius 2 is 1.57 bits per heavy atom. The molecule has 0 saturated carbocycles. The Hall–Kier alpha value is -3.52.